The normalized spacial score (nSPS) is 10.9. The van der Waals surface area contributed by atoms with E-state index in [1.807, 2.05) is 29.7 Å². The van der Waals surface area contributed by atoms with Gasteiger partial charge >= 0.3 is 0 Å². The number of hydrogen-bond acceptors (Lipinski definition) is 5. The van der Waals surface area contributed by atoms with Gasteiger partial charge in [-0.2, -0.15) is 0 Å². The van der Waals surface area contributed by atoms with Crippen molar-refractivity contribution in [2.45, 2.75) is 26.3 Å². The molecule has 0 spiro atoms. The van der Waals surface area contributed by atoms with Crippen LogP contribution >= 0.6 is 24.0 Å². The maximum atomic E-state index is 11.8. The van der Waals surface area contributed by atoms with Crippen LogP contribution in [0.4, 0.5) is 0 Å². The summed E-state index contributed by atoms with van der Waals surface area (Å²) in [4.78, 5) is 22.0. The molecule has 0 atom stereocenters. The van der Waals surface area contributed by atoms with Gasteiger partial charge in [-0.25, -0.2) is 4.99 Å². The summed E-state index contributed by atoms with van der Waals surface area (Å²) in [6, 6.07) is 5.85. The quantitative estimate of drug-likeness (QED) is 0.299. The summed E-state index contributed by atoms with van der Waals surface area (Å²) in [6.07, 6.45) is 5.11. The van der Waals surface area contributed by atoms with Crippen molar-refractivity contribution in [3.05, 3.63) is 42.2 Å². The Bertz CT molecular complexity index is 732. The van der Waals surface area contributed by atoms with Crippen molar-refractivity contribution in [1.82, 2.24) is 35.3 Å². The third-order valence-electron chi connectivity index (χ3n) is 3.93. The largest absolute Gasteiger partial charge is 0.356 e. The monoisotopic (exact) mass is 500 g/mol. The number of guanidine groups is 1. The Balaban J connectivity index is 0.00000392. The highest BCUT2D eigenvalue weighted by molar-refractivity contribution is 14.0. The summed E-state index contributed by atoms with van der Waals surface area (Å²) in [5.41, 5.74) is 1.01. The number of nitrogens with one attached hydrogen (secondary N) is 2. The Morgan fingerprint density at radius 1 is 1.25 bits per heavy atom. The number of carbonyl (C=O) groups excluding carboxylic acids is 1. The molecule has 0 aliphatic heterocycles. The van der Waals surface area contributed by atoms with Gasteiger partial charge in [-0.3, -0.25) is 9.78 Å². The molecule has 0 saturated carbocycles. The number of nitrogens with zero attached hydrogens (tertiary/aromatic N) is 6. The molecule has 0 aromatic carbocycles. The van der Waals surface area contributed by atoms with E-state index in [2.05, 4.69) is 30.8 Å². The number of aromatic nitrogens is 4. The minimum Gasteiger partial charge on any atom is -0.356 e. The Hall–Kier alpha value is -2.24. The molecule has 2 N–H and O–H groups in total. The molecule has 0 aliphatic rings. The number of rotatable bonds is 9. The predicted molar refractivity (Wildman–Crippen MR) is 120 cm³/mol. The molecular formula is C18H29IN8O. The third-order valence-corrected chi connectivity index (χ3v) is 3.93. The SMILES string of the molecule is CCc1nncn1CCNC(=NCC(=O)N(C)C)NCCc1ccccn1.I. The maximum absolute atomic E-state index is 11.8. The molecule has 2 aromatic heterocycles. The van der Waals surface area contributed by atoms with E-state index >= 15 is 0 Å². The second-order valence-electron chi connectivity index (χ2n) is 6.17. The van der Waals surface area contributed by atoms with Crippen molar-refractivity contribution in [3.63, 3.8) is 0 Å². The predicted octanol–water partition coefficient (Wildman–Crippen LogP) is 0.720. The molecule has 10 heteroatoms. The fraction of sp³-hybridized carbons (Fsp3) is 0.500. The van der Waals surface area contributed by atoms with Gasteiger partial charge in [0.25, 0.3) is 0 Å². The second kappa shape index (κ2) is 13.0. The lowest BCUT2D eigenvalue weighted by Gasteiger charge is -2.14. The van der Waals surface area contributed by atoms with Crippen LogP contribution in [0.3, 0.4) is 0 Å². The van der Waals surface area contributed by atoms with Crippen molar-refractivity contribution in [2.24, 2.45) is 4.99 Å². The lowest BCUT2D eigenvalue weighted by atomic mass is 10.3. The molecule has 1 amide bonds. The van der Waals surface area contributed by atoms with E-state index in [9.17, 15) is 4.79 Å². The van der Waals surface area contributed by atoms with E-state index in [0.717, 1.165) is 30.9 Å². The molecule has 0 saturated heterocycles. The number of carbonyl (C=O) groups is 1. The van der Waals surface area contributed by atoms with E-state index < -0.39 is 0 Å². The van der Waals surface area contributed by atoms with Gasteiger partial charge in [-0.15, -0.1) is 34.2 Å². The highest BCUT2D eigenvalue weighted by Gasteiger charge is 2.06. The Morgan fingerprint density at radius 3 is 2.71 bits per heavy atom. The molecule has 2 aromatic rings. The molecule has 28 heavy (non-hydrogen) atoms. The lowest BCUT2D eigenvalue weighted by molar-refractivity contribution is -0.127. The fourth-order valence-corrected chi connectivity index (χ4v) is 2.35. The molecule has 0 aliphatic carbocycles. The van der Waals surface area contributed by atoms with Gasteiger partial charge in [0.15, 0.2) is 5.96 Å². The van der Waals surface area contributed by atoms with Crippen molar-refractivity contribution in [1.29, 1.82) is 0 Å². The van der Waals surface area contributed by atoms with Crippen molar-refractivity contribution in [3.8, 4) is 0 Å². The molecule has 9 nitrogen and oxygen atoms in total. The zero-order valence-electron chi connectivity index (χ0n) is 16.6. The Labute approximate surface area is 183 Å². The zero-order valence-corrected chi connectivity index (χ0v) is 19.0. The van der Waals surface area contributed by atoms with Gasteiger partial charge in [0.1, 0.15) is 18.7 Å². The molecular weight excluding hydrogens is 471 g/mol. The van der Waals surface area contributed by atoms with Crippen LogP contribution in [0.1, 0.15) is 18.4 Å². The first-order chi connectivity index (χ1) is 13.1. The number of hydrogen-bond donors (Lipinski definition) is 2. The number of likely N-dealkylation sites (N-methyl/N-ethyl adjacent to an activating group) is 1. The number of amides is 1. The smallest absolute Gasteiger partial charge is 0.243 e. The average molecular weight is 500 g/mol. The van der Waals surface area contributed by atoms with Crippen LogP contribution in [0.2, 0.25) is 0 Å². The topological polar surface area (TPSA) is 100 Å². The average Bonchev–Trinajstić information content (AvgIpc) is 3.13. The van der Waals surface area contributed by atoms with E-state index in [4.69, 9.17) is 0 Å². The Morgan fingerprint density at radius 2 is 2.04 bits per heavy atom. The molecule has 0 radical (unpaired) electrons. The van der Waals surface area contributed by atoms with Gasteiger partial charge in [0.05, 0.1) is 0 Å². The maximum Gasteiger partial charge on any atom is 0.243 e. The van der Waals surface area contributed by atoms with E-state index in [0.29, 0.717) is 19.0 Å². The van der Waals surface area contributed by atoms with Crippen molar-refractivity contribution < 1.29 is 4.79 Å². The van der Waals surface area contributed by atoms with Crippen LogP contribution in [-0.2, 0) is 24.2 Å². The van der Waals surface area contributed by atoms with Gasteiger partial charge < -0.3 is 20.1 Å². The van der Waals surface area contributed by atoms with E-state index in [1.165, 1.54) is 4.90 Å². The van der Waals surface area contributed by atoms with Crippen LogP contribution in [-0.4, -0.2) is 70.2 Å². The van der Waals surface area contributed by atoms with Crippen molar-refractivity contribution in [2.75, 3.05) is 33.7 Å². The first kappa shape index (κ1) is 23.8. The van der Waals surface area contributed by atoms with Crippen LogP contribution < -0.4 is 10.6 Å². The van der Waals surface area contributed by atoms with Crippen LogP contribution in [0.25, 0.3) is 0 Å². The first-order valence-electron chi connectivity index (χ1n) is 9.09. The molecule has 2 heterocycles. The summed E-state index contributed by atoms with van der Waals surface area (Å²) < 4.78 is 2.00. The van der Waals surface area contributed by atoms with Gasteiger partial charge in [0.2, 0.25) is 5.91 Å². The fourth-order valence-electron chi connectivity index (χ4n) is 2.35. The number of pyridine rings is 1. The summed E-state index contributed by atoms with van der Waals surface area (Å²) in [5, 5.41) is 14.5. The van der Waals surface area contributed by atoms with Crippen LogP contribution in [0, 0.1) is 0 Å². The first-order valence-corrected chi connectivity index (χ1v) is 9.09. The zero-order chi connectivity index (χ0) is 19.5. The molecule has 154 valence electrons. The standard InChI is InChI=1S/C18H28N8O.HI/c1-4-16-24-23-14-26(16)12-11-21-18(22-13-17(27)25(2)3)20-10-8-15-7-5-6-9-19-15;/h5-7,9,14H,4,8,10-13H2,1-3H3,(H2,20,21,22);1H. The minimum absolute atomic E-state index is 0. The summed E-state index contributed by atoms with van der Waals surface area (Å²) in [7, 11) is 3.44. The molecule has 0 bridgehead atoms. The van der Waals surface area contributed by atoms with Gasteiger partial charge in [-0.05, 0) is 12.1 Å². The third kappa shape index (κ3) is 8.19. The summed E-state index contributed by atoms with van der Waals surface area (Å²) in [6.45, 7) is 4.19. The van der Waals surface area contributed by atoms with Gasteiger partial charge in [0, 0.05) is 58.5 Å². The molecule has 0 fully saturated rings. The Kier molecular flexibility index (Phi) is 11.1. The number of aliphatic imine (C=N–C) groups is 1. The summed E-state index contributed by atoms with van der Waals surface area (Å²) in [5.74, 6) is 1.50. The van der Waals surface area contributed by atoms with Gasteiger partial charge in [-0.1, -0.05) is 13.0 Å². The highest BCUT2D eigenvalue weighted by atomic mass is 127. The number of aryl methyl sites for hydroxylation is 1. The van der Waals surface area contributed by atoms with E-state index in [-0.39, 0.29) is 36.4 Å². The van der Waals surface area contributed by atoms with Crippen LogP contribution in [0.5, 0.6) is 0 Å². The second-order valence-corrected chi connectivity index (χ2v) is 6.17. The summed E-state index contributed by atoms with van der Waals surface area (Å²) >= 11 is 0. The number of halogens is 1. The van der Waals surface area contributed by atoms with E-state index in [1.54, 1.807) is 26.6 Å². The highest BCUT2D eigenvalue weighted by Crippen LogP contribution is 1.95. The molecule has 0 unspecified atom stereocenters. The van der Waals surface area contributed by atoms with Crippen LogP contribution in [0.15, 0.2) is 35.7 Å². The van der Waals surface area contributed by atoms with Crippen molar-refractivity contribution >= 4 is 35.8 Å². The molecule has 2 rings (SSSR count). The minimum atomic E-state index is -0.0482. The lowest BCUT2D eigenvalue weighted by Crippen LogP contribution is -2.41.